The van der Waals surface area contributed by atoms with Crippen LogP contribution in [0.4, 0.5) is 8.78 Å². The third-order valence-corrected chi connectivity index (χ3v) is 7.46. The second kappa shape index (κ2) is 7.32. The maximum Gasteiger partial charge on any atom is 0.305 e. The van der Waals surface area contributed by atoms with Gasteiger partial charge in [0.25, 0.3) is 5.91 Å². The molecule has 3 aromatic rings. The summed E-state index contributed by atoms with van der Waals surface area (Å²) in [5.41, 5.74) is 0.578. The van der Waals surface area contributed by atoms with Crippen LogP contribution in [0.5, 0.6) is 0 Å². The Morgan fingerprint density at radius 1 is 1.00 bits per heavy atom. The molecule has 2 heterocycles. The number of thiazole rings is 1. The molecule has 7 nitrogen and oxygen atoms in total. The highest BCUT2D eigenvalue weighted by atomic mass is 32.2. The molecule has 0 saturated carbocycles. The Morgan fingerprint density at radius 3 is 2.41 bits per heavy atom. The first kappa shape index (κ1) is 19.7. The second-order valence-electron chi connectivity index (χ2n) is 6.50. The van der Waals surface area contributed by atoms with E-state index in [0.29, 0.717) is 10.2 Å². The van der Waals surface area contributed by atoms with E-state index in [0.717, 1.165) is 23.5 Å². The lowest BCUT2D eigenvalue weighted by Gasteiger charge is -2.34. The van der Waals surface area contributed by atoms with Crippen LogP contribution in [0, 0.1) is 11.6 Å². The molecule has 0 aliphatic carbocycles. The van der Waals surface area contributed by atoms with Crippen LogP contribution in [0.15, 0.2) is 46.1 Å². The number of piperazine rings is 1. The van der Waals surface area contributed by atoms with Crippen molar-refractivity contribution in [2.45, 2.75) is 4.90 Å². The third-order valence-electron chi connectivity index (χ3n) is 4.72. The maximum absolute atomic E-state index is 13.4. The summed E-state index contributed by atoms with van der Waals surface area (Å²) in [7, 11) is -3.79. The average molecular weight is 439 g/mol. The number of halogens is 2. The van der Waals surface area contributed by atoms with Gasteiger partial charge in [-0.1, -0.05) is 11.3 Å². The van der Waals surface area contributed by atoms with Crippen LogP contribution >= 0.6 is 11.3 Å². The van der Waals surface area contributed by atoms with Gasteiger partial charge in [-0.15, -0.1) is 0 Å². The number of amides is 1. The molecule has 1 aliphatic heterocycles. The van der Waals surface area contributed by atoms with Gasteiger partial charge >= 0.3 is 4.87 Å². The number of hydrogen-bond acceptors (Lipinski definition) is 5. The summed E-state index contributed by atoms with van der Waals surface area (Å²) in [5.74, 6) is -2.64. The zero-order valence-corrected chi connectivity index (χ0v) is 16.5. The molecule has 0 bridgehead atoms. The molecule has 0 radical (unpaired) electrons. The highest BCUT2D eigenvalue weighted by Crippen LogP contribution is 2.23. The Hall–Kier alpha value is -2.63. The predicted octanol–water partition coefficient (Wildman–Crippen LogP) is 2.01. The predicted molar refractivity (Wildman–Crippen MR) is 103 cm³/mol. The van der Waals surface area contributed by atoms with Crippen LogP contribution in [0.3, 0.4) is 0 Å². The fourth-order valence-corrected chi connectivity index (χ4v) is 5.48. The van der Waals surface area contributed by atoms with Gasteiger partial charge in [0.15, 0.2) is 11.6 Å². The van der Waals surface area contributed by atoms with Gasteiger partial charge in [0, 0.05) is 31.7 Å². The van der Waals surface area contributed by atoms with Crippen LogP contribution in [0.25, 0.3) is 10.2 Å². The quantitative estimate of drug-likeness (QED) is 0.676. The zero-order chi connectivity index (χ0) is 20.8. The molecule has 0 atom stereocenters. The van der Waals surface area contributed by atoms with E-state index in [-0.39, 0.29) is 41.5 Å². The van der Waals surface area contributed by atoms with E-state index in [1.54, 1.807) is 6.07 Å². The highest BCUT2D eigenvalue weighted by molar-refractivity contribution is 7.89. The number of carbonyl (C=O) groups is 1. The molecule has 1 N–H and O–H groups in total. The lowest BCUT2D eigenvalue weighted by molar-refractivity contribution is 0.0697. The molecule has 2 aromatic carbocycles. The lowest BCUT2D eigenvalue weighted by atomic mass is 10.1. The molecule has 1 saturated heterocycles. The number of benzene rings is 2. The minimum absolute atomic E-state index is 0.00743. The Balaban J connectivity index is 1.49. The molecule has 1 aliphatic rings. The van der Waals surface area contributed by atoms with Crippen molar-refractivity contribution >= 4 is 37.5 Å². The summed E-state index contributed by atoms with van der Waals surface area (Å²) in [6, 6.07) is 7.34. The molecule has 11 heteroatoms. The topological polar surface area (TPSA) is 90.6 Å². The van der Waals surface area contributed by atoms with Crippen molar-refractivity contribution < 1.29 is 22.0 Å². The standard InChI is InChI=1S/C18H15F2N3O4S2/c19-13-3-1-11(9-14(13)20)17(24)22-5-7-23(8-6-22)29(26,27)12-2-4-15-16(10-12)28-18(25)21-15/h1-4,9-10H,5-8H2,(H,21,25). The fraction of sp³-hybridized carbons (Fsp3) is 0.222. The summed E-state index contributed by atoms with van der Waals surface area (Å²) < 4.78 is 54.1. The fourth-order valence-electron chi connectivity index (χ4n) is 3.18. The Bertz CT molecular complexity index is 1260. The SMILES string of the molecule is O=C(c1ccc(F)c(F)c1)N1CCN(S(=O)(=O)c2ccc3[nH]c(=O)sc3c2)CC1. The van der Waals surface area contributed by atoms with Crippen LogP contribution in [-0.4, -0.2) is 54.7 Å². The van der Waals surface area contributed by atoms with Crippen LogP contribution in [0.2, 0.25) is 0 Å². The molecular formula is C18H15F2N3O4S2. The van der Waals surface area contributed by atoms with Crippen LogP contribution < -0.4 is 4.87 Å². The Kier molecular flexibility index (Phi) is 4.97. The van der Waals surface area contributed by atoms with Crippen molar-refractivity contribution in [1.82, 2.24) is 14.2 Å². The van der Waals surface area contributed by atoms with Crippen LogP contribution in [-0.2, 0) is 10.0 Å². The first-order chi connectivity index (χ1) is 13.8. The molecule has 152 valence electrons. The Morgan fingerprint density at radius 2 is 1.72 bits per heavy atom. The summed E-state index contributed by atoms with van der Waals surface area (Å²) in [4.78, 5) is 27.7. The van der Waals surface area contributed by atoms with Gasteiger partial charge < -0.3 is 9.88 Å². The van der Waals surface area contributed by atoms with E-state index in [9.17, 15) is 26.8 Å². The van der Waals surface area contributed by atoms with Gasteiger partial charge in [0.1, 0.15) is 0 Å². The van der Waals surface area contributed by atoms with Gasteiger partial charge in [0.2, 0.25) is 10.0 Å². The van der Waals surface area contributed by atoms with Crippen molar-refractivity contribution in [2.24, 2.45) is 0 Å². The zero-order valence-electron chi connectivity index (χ0n) is 14.9. The number of carbonyl (C=O) groups excluding carboxylic acids is 1. The molecule has 1 fully saturated rings. The highest BCUT2D eigenvalue weighted by Gasteiger charge is 2.31. The second-order valence-corrected chi connectivity index (χ2v) is 9.45. The number of hydrogen-bond donors (Lipinski definition) is 1. The number of aromatic amines is 1. The summed E-state index contributed by atoms with van der Waals surface area (Å²) >= 11 is 0.929. The van der Waals surface area contributed by atoms with Gasteiger partial charge in [-0.25, -0.2) is 17.2 Å². The number of H-pyrrole nitrogens is 1. The van der Waals surface area contributed by atoms with Crippen molar-refractivity contribution in [3.05, 3.63) is 63.3 Å². The number of fused-ring (bicyclic) bond motifs is 1. The van der Waals surface area contributed by atoms with Crippen LogP contribution in [0.1, 0.15) is 10.4 Å². The molecule has 1 amide bonds. The van der Waals surface area contributed by atoms with E-state index in [4.69, 9.17) is 0 Å². The number of aromatic nitrogens is 1. The lowest BCUT2D eigenvalue weighted by Crippen LogP contribution is -2.50. The summed E-state index contributed by atoms with van der Waals surface area (Å²) in [5, 5.41) is 0. The monoisotopic (exact) mass is 439 g/mol. The minimum Gasteiger partial charge on any atom is -0.336 e. The van der Waals surface area contributed by atoms with Gasteiger partial charge in [-0.2, -0.15) is 4.31 Å². The van der Waals surface area contributed by atoms with E-state index < -0.39 is 27.6 Å². The van der Waals surface area contributed by atoms with Crippen molar-refractivity contribution in [3.8, 4) is 0 Å². The normalized spacial score (nSPS) is 15.7. The van der Waals surface area contributed by atoms with Gasteiger partial charge in [0.05, 0.1) is 15.1 Å². The molecule has 0 spiro atoms. The molecule has 4 rings (SSSR count). The number of rotatable bonds is 3. The molecule has 0 unspecified atom stereocenters. The first-order valence-electron chi connectivity index (χ1n) is 8.63. The average Bonchev–Trinajstić information content (AvgIpc) is 3.09. The van der Waals surface area contributed by atoms with E-state index in [2.05, 4.69) is 4.98 Å². The minimum atomic E-state index is -3.79. The van der Waals surface area contributed by atoms with E-state index in [1.807, 2.05) is 0 Å². The molecule has 29 heavy (non-hydrogen) atoms. The van der Waals surface area contributed by atoms with Crippen molar-refractivity contribution in [1.29, 1.82) is 0 Å². The van der Waals surface area contributed by atoms with E-state index in [1.165, 1.54) is 27.4 Å². The molecular weight excluding hydrogens is 424 g/mol. The first-order valence-corrected chi connectivity index (χ1v) is 10.9. The number of sulfonamides is 1. The third kappa shape index (κ3) is 3.68. The van der Waals surface area contributed by atoms with Gasteiger partial charge in [-0.3, -0.25) is 9.59 Å². The maximum atomic E-state index is 13.4. The largest absolute Gasteiger partial charge is 0.336 e. The Labute approximate surface area is 168 Å². The summed E-state index contributed by atoms with van der Waals surface area (Å²) in [6.45, 7) is 0.381. The smallest absolute Gasteiger partial charge is 0.305 e. The summed E-state index contributed by atoms with van der Waals surface area (Å²) in [6.07, 6.45) is 0. The van der Waals surface area contributed by atoms with E-state index >= 15 is 0 Å². The van der Waals surface area contributed by atoms with Crippen molar-refractivity contribution in [3.63, 3.8) is 0 Å². The number of nitrogens with zero attached hydrogens (tertiary/aromatic N) is 2. The van der Waals surface area contributed by atoms with Crippen molar-refractivity contribution in [2.75, 3.05) is 26.2 Å². The number of nitrogens with one attached hydrogen (secondary N) is 1. The molecule has 1 aromatic heterocycles. The van der Waals surface area contributed by atoms with Gasteiger partial charge in [-0.05, 0) is 36.4 Å².